The fourth-order valence-electron chi connectivity index (χ4n) is 3.08. The smallest absolute Gasteiger partial charge is 0.211 e. The predicted molar refractivity (Wildman–Crippen MR) is 106 cm³/mol. The van der Waals surface area contributed by atoms with Crippen LogP contribution in [-0.4, -0.2) is 70.3 Å². The monoisotopic (exact) mass is 375 g/mol. The highest BCUT2D eigenvalue weighted by Gasteiger charge is 2.19. The summed E-state index contributed by atoms with van der Waals surface area (Å²) < 4.78 is 25.3. The van der Waals surface area contributed by atoms with Crippen molar-refractivity contribution < 1.29 is 8.42 Å². The molecule has 1 aliphatic rings. The number of nitrogens with one attached hydrogen (secondary N) is 3. The van der Waals surface area contributed by atoms with Gasteiger partial charge in [-0.1, -0.05) is 13.3 Å². The van der Waals surface area contributed by atoms with E-state index in [1.807, 2.05) is 6.92 Å². The van der Waals surface area contributed by atoms with Gasteiger partial charge in [0.2, 0.25) is 10.0 Å². The molecule has 25 heavy (non-hydrogen) atoms. The minimum absolute atomic E-state index is 0.121. The molecular formula is C17H37N5O2S. The molecule has 3 N–H and O–H groups in total. The Bertz CT molecular complexity index is 481. The van der Waals surface area contributed by atoms with E-state index in [-0.39, 0.29) is 5.75 Å². The van der Waals surface area contributed by atoms with Crippen LogP contribution in [0.1, 0.15) is 52.9 Å². The summed E-state index contributed by atoms with van der Waals surface area (Å²) in [4.78, 5) is 7.10. The van der Waals surface area contributed by atoms with E-state index in [0.29, 0.717) is 19.5 Å². The van der Waals surface area contributed by atoms with Crippen LogP contribution < -0.4 is 15.4 Å². The molecule has 0 spiro atoms. The Hall–Kier alpha value is -0.860. The third kappa shape index (κ3) is 9.42. The Kier molecular flexibility index (Phi) is 11.1. The second-order valence-corrected chi connectivity index (χ2v) is 8.53. The van der Waals surface area contributed by atoms with Gasteiger partial charge in [0.1, 0.15) is 0 Å². The van der Waals surface area contributed by atoms with Crippen molar-refractivity contribution in [3.63, 3.8) is 0 Å². The maximum atomic E-state index is 11.4. The number of hydrogen-bond donors (Lipinski definition) is 3. The van der Waals surface area contributed by atoms with Crippen LogP contribution >= 0.6 is 0 Å². The zero-order valence-electron chi connectivity index (χ0n) is 16.2. The van der Waals surface area contributed by atoms with Gasteiger partial charge in [-0.2, -0.15) is 0 Å². The molecule has 8 heteroatoms. The minimum Gasteiger partial charge on any atom is -0.357 e. The van der Waals surface area contributed by atoms with E-state index in [0.717, 1.165) is 31.6 Å². The van der Waals surface area contributed by atoms with Crippen LogP contribution in [0.4, 0.5) is 0 Å². The van der Waals surface area contributed by atoms with E-state index < -0.39 is 10.0 Å². The van der Waals surface area contributed by atoms with E-state index in [1.54, 1.807) is 6.92 Å². The number of rotatable bonds is 11. The Morgan fingerprint density at radius 1 is 1.16 bits per heavy atom. The lowest BCUT2D eigenvalue weighted by Gasteiger charge is -2.35. The molecule has 0 aromatic heterocycles. The molecule has 0 aromatic rings. The van der Waals surface area contributed by atoms with Crippen molar-refractivity contribution in [3.8, 4) is 0 Å². The van der Waals surface area contributed by atoms with Gasteiger partial charge in [-0.3, -0.25) is 9.89 Å². The molecule has 1 heterocycles. The summed E-state index contributed by atoms with van der Waals surface area (Å²) in [6.07, 6.45) is 5.90. The second-order valence-electron chi connectivity index (χ2n) is 6.43. The van der Waals surface area contributed by atoms with E-state index in [1.165, 1.54) is 32.2 Å². The Labute approximate surface area is 154 Å². The summed E-state index contributed by atoms with van der Waals surface area (Å²) in [7, 11) is -3.10. The molecule has 0 radical (unpaired) electrons. The first kappa shape index (κ1) is 22.2. The molecule has 1 saturated heterocycles. The average Bonchev–Trinajstić information content (AvgIpc) is 2.61. The molecule has 1 atom stereocenters. The quantitative estimate of drug-likeness (QED) is 0.286. The predicted octanol–water partition coefficient (Wildman–Crippen LogP) is 1.14. The average molecular weight is 376 g/mol. The summed E-state index contributed by atoms with van der Waals surface area (Å²) in [6.45, 7) is 10.9. The Balaban J connectivity index is 2.30. The first-order valence-corrected chi connectivity index (χ1v) is 11.4. The summed E-state index contributed by atoms with van der Waals surface area (Å²) in [5.41, 5.74) is 0. The number of hydrogen-bond acceptors (Lipinski definition) is 4. The minimum atomic E-state index is -3.10. The van der Waals surface area contributed by atoms with E-state index in [9.17, 15) is 8.42 Å². The van der Waals surface area contributed by atoms with Gasteiger partial charge in [0.25, 0.3) is 0 Å². The van der Waals surface area contributed by atoms with Crippen molar-refractivity contribution in [1.82, 2.24) is 20.3 Å². The standard InChI is InChI=1S/C17H37N5O2S/c1-4-16-10-7-8-14-22(16)15-13-20-17(18-5-2)19-11-9-12-21-25(23,24)6-3/h16,21H,4-15H2,1-3H3,(H2,18,19,20). The van der Waals surface area contributed by atoms with Gasteiger partial charge in [-0.15, -0.1) is 0 Å². The van der Waals surface area contributed by atoms with Crippen molar-refractivity contribution in [2.24, 2.45) is 4.99 Å². The van der Waals surface area contributed by atoms with E-state index >= 15 is 0 Å². The summed E-state index contributed by atoms with van der Waals surface area (Å²) >= 11 is 0. The topological polar surface area (TPSA) is 85.8 Å². The molecule has 0 aromatic carbocycles. The van der Waals surface area contributed by atoms with Gasteiger partial charge in [-0.05, 0) is 46.1 Å². The second kappa shape index (κ2) is 12.5. The van der Waals surface area contributed by atoms with Crippen LogP contribution in [0.2, 0.25) is 0 Å². The fraction of sp³-hybridized carbons (Fsp3) is 0.941. The van der Waals surface area contributed by atoms with Crippen molar-refractivity contribution in [3.05, 3.63) is 0 Å². The lowest BCUT2D eigenvalue weighted by molar-refractivity contribution is 0.147. The molecule has 1 unspecified atom stereocenters. The summed E-state index contributed by atoms with van der Waals surface area (Å²) in [5, 5.41) is 6.64. The van der Waals surface area contributed by atoms with Crippen LogP contribution in [0, 0.1) is 0 Å². The molecule has 0 saturated carbocycles. The molecule has 7 nitrogen and oxygen atoms in total. The summed E-state index contributed by atoms with van der Waals surface area (Å²) in [5.74, 6) is 0.932. The molecule has 1 fully saturated rings. The first-order chi connectivity index (χ1) is 12.0. The number of sulfonamides is 1. The zero-order chi connectivity index (χ0) is 18.5. The molecular weight excluding hydrogens is 338 g/mol. The zero-order valence-corrected chi connectivity index (χ0v) is 17.0. The van der Waals surface area contributed by atoms with Gasteiger partial charge in [0.15, 0.2) is 5.96 Å². The van der Waals surface area contributed by atoms with Crippen LogP contribution in [-0.2, 0) is 10.0 Å². The van der Waals surface area contributed by atoms with Gasteiger partial charge in [0.05, 0.1) is 5.75 Å². The largest absolute Gasteiger partial charge is 0.357 e. The SMILES string of the molecule is CCNC(=NCCCNS(=O)(=O)CC)NCCN1CCCCC1CC. The Morgan fingerprint density at radius 3 is 2.64 bits per heavy atom. The van der Waals surface area contributed by atoms with Crippen LogP contribution in [0.3, 0.4) is 0 Å². The lowest BCUT2D eigenvalue weighted by atomic mass is 10.0. The maximum Gasteiger partial charge on any atom is 0.211 e. The highest BCUT2D eigenvalue weighted by atomic mass is 32.2. The molecule has 0 aliphatic carbocycles. The van der Waals surface area contributed by atoms with E-state index in [4.69, 9.17) is 0 Å². The molecule has 0 amide bonds. The van der Waals surface area contributed by atoms with E-state index in [2.05, 4.69) is 32.2 Å². The lowest BCUT2D eigenvalue weighted by Crippen LogP contribution is -2.46. The van der Waals surface area contributed by atoms with Crippen molar-refractivity contribution in [2.75, 3.05) is 45.0 Å². The maximum absolute atomic E-state index is 11.4. The van der Waals surface area contributed by atoms with Crippen LogP contribution in [0.15, 0.2) is 4.99 Å². The highest BCUT2D eigenvalue weighted by Crippen LogP contribution is 2.18. The van der Waals surface area contributed by atoms with Gasteiger partial charge < -0.3 is 10.6 Å². The first-order valence-electron chi connectivity index (χ1n) is 9.76. The number of guanidine groups is 1. The molecule has 1 rings (SSSR count). The van der Waals surface area contributed by atoms with Crippen molar-refractivity contribution >= 4 is 16.0 Å². The number of aliphatic imine (C=N–C) groups is 1. The van der Waals surface area contributed by atoms with Crippen LogP contribution in [0.25, 0.3) is 0 Å². The summed E-state index contributed by atoms with van der Waals surface area (Å²) in [6, 6.07) is 0.724. The Morgan fingerprint density at radius 2 is 1.96 bits per heavy atom. The third-order valence-electron chi connectivity index (χ3n) is 4.56. The molecule has 0 bridgehead atoms. The fourth-order valence-corrected chi connectivity index (χ4v) is 3.74. The number of piperidine rings is 1. The van der Waals surface area contributed by atoms with Gasteiger partial charge in [0, 0.05) is 38.8 Å². The van der Waals surface area contributed by atoms with Gasteiger partial charge in [-0.25, -0.2) is 13.1 Å². The highest BCUT2D eigenvalue weighted by molar-refractivity contribution is 7.89. The molecule has 1 aliphatic heterocycles. The van der Waals surface area contributed by atoms with Crippen molar-refractivity contribution in [1.29, 1.82) is 0 Å². The number of nitrogens with zero attached hydrogens (tertiary/aromatic N) is 2. The van der Waals surface area contributed by atoms with Crippen molar-refractivity contribution in [2.45, 2.75) is 58.9 Å². The van der Waals surface area contributed by atoms with Crippen LogP contribution in [0.5, 0.6) is 0 Å². The molecule has 148 valence electrons. The number of likely N-dealkylation sites (tertiary alicyclic amines) is 1. The normalized spacial score (nSPS) is 19.8. The van der Waals surface area contributed by atoms with Gasteiger partial charge >= 0.3 is 0 Å². The third-order valence-corrected chi connectivity index (χ3v) is 5.97.